The number of likely N-dealkylation sites (tertiary alicyclic amines) is 1. The van der Waals surface area contributed by atoms with Crippen LogP contribution in [0.4, 0.5) is 0 Å². The molecule has 8 heteroatoms. The van der Waals surface area contributed by atoms with Gasteiger partial charge in [0.05, 0.1) is 19.5 Å². The third-order valence-corrected chi connectivity index (χ3v) is 4.73. The fourth-order valence-electron chi connectivity index (χ4n) is 3.41. The van der Waals surface area contributed by atoms with Crippen LogP contribution in [0.3, 0.4) is 0 Å². The quantitative estimate of drug-likeness (QED) is 0.573. The number of carbonyl (C=O) groups is 1. The molecule has 1 unspecified atom stereocenters. The van der Waals surface area contributed by atoms with Gasteiger partial charge in [0.25, 0.3) is 5.89 Å². The van der Waals surface area contributed by atoms with Crippen molar-refractivity contribution in [3.05, 3.63) is 48.0 Å². The van der Waals surface area contributed by atoms with Gasteiger partial charge in [0, 0.05) is 25.4 Å². The predicted molar refractivity (Wildman–Crippen MR) is 104 cm³/mol. The van der Waals surface area contributed by atoms with E-state index in [4.69, 9.17) is 18.4 Å². The zero-order chi connectivity index (χ0) is 20.2. The van der Waals surface area contributed by atoms with Crippen LogP contribution >= 0.6 is 0 Å². The van der Waals surface area contributed by atoms with Gasteiger partial charge in [-0.1, -0.05) is 11.2 Å². The average Bonchev–Trinajstić information content (AvgIpc) is 3.45. The van der Waals surface area contributed by atoms with E-state index >= 15 is 0 Å². The van der Waals surface area contributed by atoms with E-state index in [9.17, 15) is 4.79 Å². The van der Waals surface area contributed by atoms with Gasteiger partial charge in [-0.2, -0.15) is 4.98 Å². The highest BCUT2D eigenvalue weighted by Gasteiger charge is 2.34. The highest BCUT2D eigenvalue weighted by molar-refractivity contribution is 5.79. The summed E-state index contributed by atoms with van der Waals surface area (Å²) >= 11 is 0. The van der Waals surface area contributed by atoms with Crippen molar-refractivity contribution in [2.24, 2.45) is 0 Å². The summed E-state index contributed by atoms with van der Waals surface area (Å²) in [4.78, 5) is 18.7. The monoisotopic (exact) mass is 397 g/mol. The van der Waals surface area contributed by atoms with Crippen LogP contribution < -0.4 is 9.47 Å². The summed E-state index contributed by atoms with van der Waals surface area (Å²) in [6, 6.07) is 9.28. The van der Waals surface area contributed by atoms with Crippen molar-refractivity contribution in [2.75, 3.05) is 19.8 Å². The lowest BCUT2D eigenvalue weighted by atomic mass is 10.1. The van der Waals surface area contributed by atoms with Gasteiger partial charge in [-0.3, -0.25) is 4.79 Å². The molecule has 3 aromatic rings. The molecular weight excluding hydrogens is 374 g/mol. The van der Waals surface area contributed by atoms with Crippen molar-refractivity contribution in [2.45, 2.75) is 32.7 Å². The second-order valence-corrected chi connectivity index (χ2v) is 6.76. The number of hydrogen-bond acceptors (Lipinski definition) is 7. The minimum atomic E-state index is -0.107. The third-order valence-electron chi connectivity index (χ3n) is 4.73. The first-order chi connectivity index (χ1) is 14.2. The Kier molecular flexibility index (Phi) is 5.50. The van der Waals surface area contributed by atoms with Crippen molar-refractivity contribution >= 4 is 5.91 Å². The van der Waals surface area contributed by atoms with E-state index in [2.05, 4.69) is 10.1 Å². The maximum Gasteiger partial charge on any atom is 0.293 e. The van der Waals surface area contributed by atoms with E-state index in [0.717, 1.165) is 5.56 Å². The first-order valence-corrected chi connectivity index (χ1v) is 9.71. The second kappa shape index (κ2) is 8.38. The number of hydrogen-bond donors (Lipinski definition) is 0. The number of furan rings is 1. The standard InChI is InChI=1S/C21H23N3O5/c1-3-26-16-8-7-14(10-18(16)27-4-2)12-24-13-15(11-19(24)25)20-22-21(29-23-20)17-6-5-9-28-17/h5-10,15H,3-4,11-13H2,1-2H3. The zero-order valence-corrected chi connectivity index (χ0v) is 16.5. The van der Waals surface area contributed by atoms with Crippen LogP contribution in [-0.4, -0.2) is 40.7 Å². The Bertz CT molecular complexity index is 967. The van der Waals surface area contributed by atoms with E-state index < -0.39 is 0 Å². The van der Waals surface area contributed by atoms with Gasteiger partial charge in [-0.05, 0) is 43.7 Å². The molecule has 0 radical (unpaired) electrons. The molecule has 1 amide bonds. The summed E-state index contributed by atoms with van der Waals surface area (Å²) in [6.45, 7) is 6.00. The number of amides is 1. The van der Waals surface area contributed by atoms with E-state index in [-0.39, 0.29) is 11.8 Å². The maximum absolute atomic E-state index is 12.5. The largest absolute Gasteiger partial charge is 0.490 e. The molecule has 1 aromatic carbocycles. The fraction of sp³-hybridized carbons (Fsp3) is 0.381. The van der Waals surface area contributed by atoms with Crippen molar-refractivity contribution in [3.8, 4) is 23.1 Å². The summed E-state index contributed by atoms with van der Waals surface area (Å²) in [5.41, 5.74) is 0.982. The minimum Gasteiger partial charge on any atom is -0.490 e. The van der Waals surface area contributed by atoms with Crippen LogP contribution in [-0.2, 0) is 11.3 Å². The molecule has 2 aromatic heterocycles. The van der Waals surface area contributed by atoms with Crippen molar-refractivity contribution in [1.82, 2.24) is 15.0 Å². The second-order valence-electron chi connectivity index (χ2n) is 6.76. The van der Waals surface area contributed by atoms with Crippen LogP contribution in [0.1, 0.15) is 37.6 Å². The Labute approximate surface area is 168 Å². The van der Waals surface area contributed by atoms with Gasteiger partial charge >= 0.3 is 0 Å². The molecule has 152 valence electrons. The summed E-state index contributed by atoms with van der Waals surface area (Å²) in [6.07, 6.45) is 1.90. The zero-order valence-electron chi connectivity index (χ0n) is 16.5. The molecule has 1 saturated heterocycles. The first kappa shape index (κ1) is 19.0. The highest BCUT2D eigenvalue weighted by atomic mass is 16.5. The Morgan fingerprint density at radius 2 is 2.00 bits per heavy atom. The molecule has 1 aliphatic rings. The number of ether oxygens (including phenoxy) is 2. The van der Waals surface area contributed by atoms with Gasteiger partial charge in [0.15, 0.2) is 23.1 Å². The smallest absolute Gasteiger partial charge is 0.293 e. The molecule has 4 rings (SSSR count). The topological polar surface area (TPSA) is 90.8 Å². The lowest BCUT2D eigenvalue weighted by Crippen LogP contribution is -2.24. The lowest BCUT2D eigenvalue weighted by molar-refractivity contribution is -0.128. The van der Waals surface area contributed by atoms with Gasteiger partial charge in [0.2, 0.25) is 5.91 Å². The summed E-state index contributed by atoms with van der Waals surface area (Å²) in [7, 11) is 0. The minimum absolute atomic E-state index is 0.0613. The molecule has 0 spiro atoms. The number of benzene rings is 1. The first-order valence-electron chi connectivity index (χ1n) is 9.71. The molecular formula is C21H23N3O5. The normalized spacial score (nSPS) is 16.4. The van der Waals surface area contributed by atoms with Gasteiger partial charge < -0.3 is 23.3 Å². The van der Waals surface area contributed by atoms with Crippen LogP contribution in [0.25, 0.3) is 11.7 Å². The number of rotatable bonds is 8. The Balaban J connectivity index is 1.45. The Hall–Kier alpha value is -3.29. The predicted octanol–water partition coefficient (Wildman–Crippen LogP) is 3.64. The van der Waals surface area contributed by atoms with Crippen molar-refractivity contribution < 1.29 is 23.2 Å². The van der Waals surface area contributed by atoms with Crippen LogP contribution in [0.2, 0.25) is 0 Å². The van der Waals surface area contributed by atoms with E-state index in [0.29, 0.717) is 61.7 Å². The number of carbonyl (C=O) groups excluding carboxylic acids is 1. The van der Waals surface area contributed by atoms with Gasteiger partial charge in [-0.15, -0.1) is 0 Å². The SMILES string of the molecule is CCOc1ccc(CN2CC(c3noc(-c4ccco4)n3)CC2=O)cc1OCC. The molecule has 0 aliphatic carbocycles. The van der Waals surface area contributed by atoms with Gasteiger partial charge in [0.1, 0.15) is 0 Å². The molecule has 1 atom stereocenters. The molecule has 0 bridgehead atoms. The van der Waals surface area contributed by atoms with E-state index in [1.165, 1.54) is 0 Å². The van der Waals surface area contributed by atoms with Gasteiger partial charge in [-0.25, -0.2) is 0 Å². The number of nitrogens with zero attached hydrogens (tertiary/aromatic N) is 3. The summed E-state index contributed by atoms with van der Waals surface area (Å²) < 4.78 is 21.8. The summed E-state index contributed by atoms with van der Waals surface area (Å²) in [5, 5.41) is 4.04. The lowest BCUT2D eigenvalue weighted by Gasteiger charge is -2.18. The molecule has 29 heavy (non-hydrogen) atoms. The molecule has 8 nitrogen and oxygen atoms in total. The van der Waals surface area contributed by atoms with Crippen LogP contribution in [0.5, 0.6) is 11.5 Å². The van der Waals surface area contributed by atoms with Crippen molar-refractivity contribution in [3.63, 3.8) is 0 Å². The van der Waals surface area contributed by atoms with Crippen LogP contribution in [0.15, 0.2) is 45.5 Å². The maximum atomic E-state index is 12.5. The Morgan fingerprint density at radius 1 is 1.17 bits per heavy atom. The van der Waals surface area contributed by atoms with Crippen molar-refractivity contribution in [1.29, 1.82) is 0 Å². The highest BCUT2D eigenvalue weighted by Crippen LogP contribution is 2.32. The molecule has 0 saturated carbocycles. The summed E-state index contributed by atoms with van der Waals surface area (Å²) in [5.74, 6) is 2.72. The Morgan fingerprint density at radius 3 is 2.76 bits per heavy atom. The average molecular weight is 397 g/mol. The molecule has 3 heterocycles. The fourth-order valence-corrected chi connectivity index (χ4v) is 3.41. The molecule has 1 aliphatic heterocycles. The third kappa shape index (κ3) is 4.11. The van der Waals surface area contributed by atoms with Crippen LogP contribution in [0, 0.1) is 0 Å². The van der Waals surface area contributed by atoms with E-state index in [1.54, 1.807) is 23.3 Å². The molecule has 0 N–H and O–H groups in total. The molecule has 1 fully saturated rings. The van der Waals surface area contributed by atoms with E-state index in [1.807, 2.05) is 32.0 Å². The number of aromatic nitrogens is 2.